The Morgan fingerprint density at radius 2 is 1.62 bits per heavy atom. The Bertz CT molecular complexity index is 1500. The Hall–Kier alpha value is -5.02. The highest BCUT2D eigenvalue weighted by molar-refractivity contribution is 5.84. The summed E-state index contributed by atoms with van der Waals surface area (Å²) in [4.78, 5) is 13.5. The van der Waals surface area contributed by atoms with Crippen LogP contribution in [-0.2, 0) is 4.79 Å². The van der Waals surface area contributed by atoms with Crippen LogP contribution in [0.1, 0.15) is 47.4 Å². The highest BCUT2D eigenvalue weighted by atomic mass is 16.5. The number of carbonyl (C=O) groups excluding carboxylic acids is 1. The summed E-state index contributed by atoms with van der Waals surface area (Å²) in [6.45, 7) is 2.64. The first kappa shape index (κ1) is 25.6. The van der Waals surface area contributed by atoms with Crippen molar-refractivity contribution in [2.45, 2.75) is 25.2 Å². The fourth-order valence-corrected chi connectivity index (χ4v) is 4.78. The van der Waals surface area contributed by atoms with Gasteiger partial charge in [0.15, 0.2) is 0 Å². The first-order chi connectivity index (χ1) is 19.1. The maximum atomic E-state index is 13.5. The van der Waals surface area contributed by atoms with E-state index in [9.17, 15) is 10.1 Å². The molecule has 0 saturated heterocycles. The number of hydrogen-bond acceptors (Lipinski definition) is 6. The predicted molar refractivity (Wildman–Crippen MR) is 148 cm³/mol. The number of hydrogen-bond donors (Lipinski definition) is 1. The van der Waals surface area contributed by atoms with Crippen LogP contribution < -0.4 is 19.9 Å². The molecular formula is C33H28N2O4. The van der Waals surface area contributed by atoms with E-state index in [2.05, 4.69) is 6.07 Å². The molecule has 0 bridgehead atoms. The molecule has 194 valence electrons. The van der Waals surface area contributed by atoms with Gasteiger partial charge in [-0.05, 0) is 41.3 Å². The monoisotopic (exact) mass is 516 g/mol. The lowest BCUT2D eigenvalue weighted by Crippen LogP contribution is -2.22. The van der Waals surface area contributed by atoms with E-state index < -0.39 is 17.8 Å². The number of nitrogens with two attached hydrogens (primary N) is 1. The van der Waals surface area contributed by atoms with E-state index in [0.717, 1.165) is 34.4 Å². The third kappa shape index (κ3) is 5.48. The molecule has 0 spiro atoms. The average Bonchev–Trinajstić information content (AvgIpc) is 2.96. The first-order valence-electron chi connectivity index (χ1n) is 12.8. The maximum absolute atomic E-state index is 13.5. The summed E-state index contributed by atoms with van der Waals surface area (Å²) in [7, 11) is 0. The number of esters is 1. The Balaban J connectivity index is 1.47. The van der Waals surface area contributed by atoms with Crippen LogP contribution >= 0.6 is 0 Å². The molecule has 1 aliphatic heterocycles. The van der Waals surface area contributed by atoms with Crippen molar-refractivity contribution in [1.82, 2.24) is 0 Å². The predicted octanol–water partition coefficient (Wildman–Crippen LogP) is 6.43. The van der Waals surface area contributed by atoms with Crippen LogP contribution in [0.25, 0.3) is 0 Å². The number of nitriles is 1. The zero-order chi connectivity index (χ0) is 27.2. The quantitative estimate of drug-likeness (QED) is 0.214. The van der Waals surface area contributed by atoms with Gasteiger partial charge in [0.1, 0.15) is 34.8 Å². The summed E-state index contributed by atoms with van der Waals surface area (Å²) in [6.07, 6.45) is 0.886. The second-order valence-electron chi connectivity index (χ2n) is 9.22. The van der Waals surface area contributed by atoms with Gasteiger partial charge in [-0.15, -0.1) is 0 Å². The van der Waals surface area contributed by atoms with E-state index in [4.69, 9.17) is 19.9 Å². The van der Waals surface area contributed by atoms with E-state index in [1.165, 1.54) is 0 Å². The Morgan fingerprint density at radius 1 is 0.923 bits per heavy atom. The first-order valence-corrected chi connectivity index (χ1v) is 12.8. The van der Waals surface area contributed by atoms with E-state index in [-0.39, 0.29) is 5.88 Å². The van der Waals surface area contributed by atoms with Gasteiger partial charge < -0.3 is 19.9 Å². The summed E-state index contributed by atoms with van der Waals surface area (Å²) in [6, 6.07) is 34.1. The second kappa shape index (κ2) is 11.6. The van der Waals surface area contributed by atoms with Crippen molar-refractivity contribution in [3.05, 3.63) is 137 Å². The molecule has 0 amide bonds. The Kier molecular flexibility index (Phi) is 7.60. The van der Waals surface area contributed by atoms with Crippen molar-refractivity contribution in [3.8, 4) is 23.3 Å². The highest BCUT2D eigenvalue weighted by Gasteiger charge is 2.32. The minimum Gasteiger partial charge on any atom is -0.494 e. The van der Waals surface area contributed by atoms with Crippen LogP contribution in [0.15, 0.2) is 115 Å². The van der Waals surface area contributed by atoms with E-state index in [1.807, 2.05) is 97.9 Å². The lowest BCUT2D eigenvalue weighted by Gasteiger charge is -2.27. The maximum Gasteiger partial charge on any atom is 0.323 e. The van der Waals surface area contributed by atoms with E-state index >= 15 is 0 Å². The standard InChI is InChI=1S/C33H28N2O4/c1-2-18-37-25-15-9-14-24(19-25)31-27-17-16-26(20-29(27)39-32(35)28(31)21-34)38-33(36)30(22-10-5-3-6-11-22)23-12-7-4-8-13-23/h3-17,19-20,30-31H,2,18,35H2,1H3. The Morgan fingerprint density at radius 3 is 2.26 bits per heavy atom. The number of allylic oxidation sites excluding steroid dienone is 1. The lowest BCUT2D eigenvalue weighted by molar-refractivity contribution is -0.135. The molecule has 39 heavy (non-hydrogen) atoms. The molecule has 4 aromatic rings. The van der Waals surface area contributed by atoms with Crippen LogP contribution in [0.3, 0.4) is 0 Å². The number of rotatable bonds is 8. The number of nitrogens with zero attached hydrogens (tertiary/aromatic N) is 1. The molecule has 1 unspecified atom stereocenters. The molecule has 0 aliphatic carbocycles. The molecule has 2 N–H and O–H groups in total. The summed E-state index contributed by atoms with van der Waals surface area (Å²) < 4.78 is 17.5. The van der Waals surface area contributed by atoms with Crippen LogP contribution in [0, 0.1) is 11.3 Å². The number of fused-ring (bicyclic) bond motifs is 1. The van der Waals surface area contributed by atoms with Crippen molar-refractivity contribution in [1.29, 1.82) is 5.26 Å². The zero-order valence-corrected chi connectivity index (χ0v) is 21.5. The molecule has 0 aromatic heterocycles. The van der Waals surface area contributed by atoms with Gasteiger partial charge in [-0.1, -0.05) is 85.8 Å². The molecular weight excluding hydrogens is 488 g/mol. The number of carbonyl (C=O) groups is 1. The molecule has 4 aromatic carbocycles. The minimum absolute atomic E-state index is 0.0183. The van der Waals surface area contributed by atoms with Gasteiger partial charge in [0.2, 0.25) is 5.88 Å². The lowest BCUT2D eigenvalue weighted by atomic mass is 9.83. The van der Waals surface area contributed by atoms with Gasteiger partial charge in [0, 0.05) is 11.6 Å². The molecule has 0 radical (unpaired) electrons. The third-order valence-corrected chi connectivity index (χ3v) is 6.57. The molecule has 0 saturated carbocycles. The SMILES string of the molecule is CCCOc1cccc(C2C(C#N)=C(N)Oc3cc(OC(=O)C(c4ccccc4)c4ccccc4)ccc32)c1. The molecule has 0 fully saturated rings. The average molecular weight is 517 g/mol. The van der Waals surface area contributed by atoms with Crippen molar-refractivity contribution in [3.63, 3.8) is 0 Å². The van der Waals surface area contributed by atoms with Gasteiger partial charge in [-0.25, -0.2) is 0 Å². The normalized spacial score (nSPS) is 14.2. The number of ether oxygens (including phenoxy) is 3. The van der Waals surface area contributed by atoms with Gasteiger partial charge in [-0.3, -0.25) is 4.79 Å². The van der Waals surface area contributed by atoms with Crippen LogP contribution in [0.4, 0.5) is 0 Å². The van der Waals surface area contributed by atoms with Crippen LogP contribution in [0.5, 0.6) is 17.2 Å². The zero-order valence-electron chi connectivity index (χ0n) is 21.5. The summed E-state index contributed by atoms with van der Waals surface area (Å²) >= 11 is 0. The van der Waals surface area contributed by atoms with Gasteiger partial charge in [0.05, 0.1) is 12.5 Å². The fraction of sp³-hybridized carbons (Fsp3) is 0.152. The molecule has 6 heteroatoms. The Labute approximate surface area is 227 Å². The molecule has 6 nitrogen and oxygen atoms in total. The van der Waals surface area contributed by atoms with Crippen molar-refractivity contribution < 1.29 is 19.0 Å². The van der Waals surface area contributed by atoms with Crippen LogP contribution in [0.2, 0.25) is 0 Å². The number of benzene rings is 4. The molecule has 1 aliphatic rings. The molecule has 5 rings (SSSR count). The topological polar surface area (TPSA) is 94.6 Å². The van der Waals surface area contributed by atoms with Gasteiger partial charge in [-0.2, -0.15) is 5.26 Å². The molecule has 1 heterocycles. The minimum atomic E-state index is -0.599. The fourth-order valence-electron chi connectivity index (χ4n) is 4.78. The molecule has 1 atom stereocenters. The van der Waals surface area contributed by atoms with Gasteiger partial charge in [0.25, 0.3) is 0 Å². The highest BCUT2D eigenvalue weighted by Crippen LogP contribution is 2.44. The van der Waals surface area contributed by atoms with Crippen molar-refractivity contribution >= 4 is 5.97 Å². The van der Waals surface area contributed by atoms with Crippen molar-refractivity contribution in [2.75, 3.05) is 6.61 Å². The van der Waals surface area contributed by atoms with Crippen LogP contribution in [-0.4, -0.2) is 12.6 Å². The summed E-state index contributed by atoms with van der Waals surface area (Å²) in [5.41, 5.74) is 9.77. The largest absolute Gasteiger partial charge is 0.494 e. The smallest absolute Gasteiger partial charge is 0.323 e. The second-order valence-corrected chi connectivity index (χ2v) is 9.22. The summed E-state index contributed by atoms with van der Waals surface area (Å²) in [5.74, 6) is 0.0246. The van der Waals surface area contributed by atoms with E-state index in [0.29, 0.717) is 23.7 Å². The van der Waals surface area contributed by atoms with Crippen molar-refractivity contribution in [2.24, 2.45) is 5.73 Å². The van der Waals surface area contributed by atoms with E-state index in [1.54, 1.807) is 12.1 Å². The third-order valence-electron chi connectivity index (χ3n) is 6.57. The van der Waals surface area contributed by atoms with Gasteiger partial charge >= 0.3 is 5.97 Å². The summed E-state index contributed by atoms with van der Waals surface area (Å²) in [5, 5.41) is 9.91.